The van der Waals surface area contributed by atoms with E-state index in [1.54, 1.807) is 29.2 Å². The van der Waals surface area contributed by atoms with E-state index in [1.807, 2.05) is 47.3 Å². The number of hydrogen-bond donors (Lipinski definition) is 1. The second-order valence-electron chi connectivity index (χ2n) is 6.50. The van der Waals surface area contributed by atoms with Crippen molar-refractivity contribution in [2.75, 3.05) is 11.9 Å². The number of halogens is 1. The summed E-state index contributed by atoms with van der Waals surface area (Å²) in [5.74, 6) is -0.305. The summed E-state index contributed by atoms with van der Waals surface area (Å²) in [6, 6.07) is 16.4. The van der Waals surface area contributed by atoms with Crippen LogP contribution in [-0.2, 0) is 4.79 Å². The van der Waals surface area contributed by atoms with Crippen LogP contribution in [0.25, 0.3) is 11.4 Å². The van der Waals surface area contributed by atoms with Gasteiger partial charge in [0.1, 0.15) is 0 Å². The highest BCUT2D eigenvalue weighted by Crippen LogP contribution is 2.31. The third-order valence-electron chi connectivity index (χ3n) is 4.72. The lowest BCUT2D eigenvalue weighted by molar-refractivity contribution is -0.116. The molecule has 0 unspecified atom stereocenters. The fourth-order valence-electron chi connectivity index (χ4n) is 3.32. The number of nitrogens with zero attached hydrogens (tertiary/aromatic N) is 2. The number of rotatable bonds is 5. The number of carbonyl (C=O) groups is 2. The van der Waals surface area contributed by atoms with Crippen molar-refractivity contribution >= 4 is 34.8 Å². The normalized spacial score (nSPS) is 13.0. The number of fused-ring (bicyclic) bond motifs is 1. The average Bonchev–Trinajstić information content (AvgIpc) is 3.30. The largest absolute Gasteiger partial charge is 0.324 e. The molecule has 0 radical (unpaired) electrons. The van der Waals surface area contributed by atoms with Crippen LogP contribution in [-0.4, -0.2) is 27.8 Å². The molecule has 0 atom stereocenters. The van der Waals surface area contributed by atoms with Gasteiger partial charge in [-0.25, -0.2) is 0 Å². The summed E-state index contributed by atoms with van der Waals surface area (Å²) in [4.78, 5) is 26.6. The van der Waals surface area contributed by atoms with E-state index in [4.69, 9.17) is 11.6 Å². The van der Waals surface area contributed by atoms with E-state index in [1.165, 1.54) is 0 Å². The van der Waals surface area contributed by atoms with Crippen molar-refractivity contribution in [3.8, 4) is 5.69 Å². The van der Waals surface area contributed by atoms with Crippen molar-refractivity contribution in [1.82, 2.24) is 9.47 Å². The van der Waals surface area contributed by atoms with Crippen LogP contribution in [0.2, 0.25) is 5.02 Å². The predicted molar refractivity (Wildman–Crippen MR) is 111 cm³/mol. The van der Waals surface area contributed by atoms with Crippen LogP contribution in [0.4, 0.5) is 5.69 Å². The molecule has 140 valence electrons. The van der Waals surface area contributed by atoms with Crippen molar-refractivity contribution in [2.45, 2.75) is 6.42 Å². The van der Waals surface area contributed by atoms with E-state index in [0.717, 1.165) is 11.3 Å². The van der Waals surface area contributed by atoms with E-state index in [9.17, 15) is 9.59 Å². The van der Waals surface area contributed by atoms with E-state index in [0.29, 0.717) is 22.0 Å². The molecule has 1 aliphatic rings. The first-order valence-corrected chi connectivity index (χ1v) is 9.25. The highest BCUT2D eigenvalue weighted by molar-refractivity contribution is 6.31. The maximum atomic E-state index is 12.5. The van der Waals surface area contributed by atoms with Gasteiger partial charge in [0, 0.05) is 47.2 Å². The van der Waals surface area contributed by atoms with Gasteiger partial charge in [-0.1, -0.05) is 36.4 Å². The Hall–Kier alpha value is -3.31. The topological polar surface area (TPSA) is 54.3 Å². The van der Waals surface area contributed by atoms with Crippen LogP contribution < -0.4 is 5.32 Å². The van der Waals surface area contributed by atoms with E-state index in [2.05, 4.69) is 11.9 Å². The molecule has 2 heterocycles. The SMILES string of the molecule is C=C1c2ccccc2C(=O)N1CCC(=O)Nc1ccc(Cl)cc1-n1cccc1. The minimum atomic E-state index is -0.188. The molecular weight excluding hydrogens is 374 g/mol. The molecule has 0 fully saturated rings. The Morgan fingerprint density at radius 3 is 2.46 bits per heavy atom. The number of benzene rings is 2. The molecule has 3 aromatic rings. The summed E-state index contributed by atoms with van der Waals surface area (Å²) in [7, 11) is 0. The molecule has 4 rings (SSSR count). The maximum Gasteiger partial charge on any atom is 0.258 e. The molecule has 5 nitrogen and oxygen atoms in total. The molecule has 2 aromatic carbocycles. The average molecular weight is 392 g/mol. The Morgan fingerprint density at radius 2 is 1.75 bits per heavy atom. The maximum absolute atomic E-state index is 12.5. The smallest absolute Gasteiger partial charge is 0.258 e. The molecule has 2 amide bonds. The highest BCUT2D eigenvalue weighted by Gasteiger charge is 2.30. The predicted octanol–water partition coefficient (Wildman–Crippen LogP) is 4.59. The molecule has 1 aliphatic heterocycles. The van der Waals surface area contributed by atoms with Gasteiger partial charge in [-0.2, -0.15) is 0 Å². The quantitative estimate of drug-likeness (QED) is 0.691. The highest BCUT2D eigenvalue weighted by atomic mass is 35.5. The summed E-state index contributed by atoms with van der Waals surface area (Å²) in [5, 5.41) is 3.50. The summed E-state index contributed by atoms with van der Waals surface area (Å²) in [6.07, 6.45) is 3.92. The first kappa shape index (κ1) is 18.1. The van der Waals surface area contributed by atoms with Crippen molar-refractivity contribution in [1.29, 1.82) is 0 Å². The van der Waals surface area contributed by atoms with Crippen LogP contribution in [0.1, 0.15) is 22.3 Å². The Morgan fingerprint density at radius 1 is 1.04 bits per heavy atom. The number of hydrogen-bond acceptors (Lipinski definition) is 2. The summed E-state index contributed by atoms with van der Waals surface area (Å²) in [6.45, 7) is 4.27. The first-order valence-electron chi connectivity index (χ1n) is 8.87. The Bertz CT molecular complexity index is 1040. The summed E-state index contributed by atoms with van der Waals surface area (Å²) >= 11 is 6.11. The lowest BCUT2D eigenvalue weighted by Crippen LogP contribution is -2.27. The Kier molecular flexibility index (Phi) is 4.75. The number of amides is 2. The number of carbonyl (C=O) groups excluding carboxylic acids is 2. The molecule has 0 spiro atoms. The standard InChI is InChI=1S/C22H18ClN3O2/c1-15-17-6-2-3-7-18(17)22(28)26(15)13-10-21(27)24-19-9-8-16(23)14-20(19)25-11-4-5-12-25/h2-9,11-12,14H,1,10,13H2,(H,24,27). The second-order valence-corrected chi connectivity index (χ2v) is 6.94. The number of nitrogens with one attached hydrogen (secondary N) is 1. The second kappa shape index (κ2) is 7.37. The Labute approximate surface area is 167 Å². The monoisotopic (exact) mass is 391 g/mol. The fraction of sp³-hybridized carbons (Fsp3) is 0.0909. The van der Waals surface area contributed by atoms with Crippen LogP contribution in [0.5, 0.6) is 0 Å². The van der Waals surface area contributed by atoms with Gasteiger partial charge in [-0.05, 0) is 36.4 Å². The van der Waals surface area contributed by atoms with Gasteiger partial charge in [0.05, 0.1) is 11.4 Å². The lowest BCUT2D eigenvalue weighted by atomic mass is 10.1. The molecule has 0 bridgehead atoms. The van der Waals surface area contributed by atoms with E-state index >= 15 is 0 Å². The van der Waals surface area contributed by atoms with Gasteiger partial charge in [0.25, 0.3) is 5.91 Å². The van der Waals surface area contributed by atoms with Crippen LogP contribution in [0.3, 0.4) is 0 Å². The first-order chi connectivity index (χ1) is 13.5. The fourth-order valence-corrected chi connectivity index (χ4v) is 3.48. The van der Waals surface area contributed by atoms with Gasteiger partial charge >= 0.3 is 0 Å². The number of anilines is 1. The third kappa shape index (κ3) is 3.32. The molecule has 0 aliphatic carbocycles. The van der Waals surface area contributed by atoms with Crippen molar-refractivity contribution in [3.63, 3.8) is 0 Å². The molecule has 0 saturated carbocycles. The van der Waals surface area contributed by atoms with Gasteiger partial charge in [0.2, 0.25) is 5.91 Å². The van der Waals surface area contributed by atoms with Gasteiger partial charge < -0.3 is 14.8 Å². The molecule has 28 heavy (non-hydrogen) atoms. The molecule has 0 saturated heterocycles. The van der Waals surface area contributed by atoms with Gasteiger partial charge in [-0.15, -0.1) is 0 Å². The van der Waals surface area contributed by atoms with Crippen molar-refractivity contribution in [2.24, 2.45) is 0 Å². The zero-order valence-corrected chi connectivity index (χ0v) is 15.8. The summed E-state index contributed by atoms with van der Waals surface area (Å²) < 4.78 is 1.88. The minimum Gasteiger partial charge on any atom is -0.324 e. The molecule has 1 N–H and O–H groups in total. The van der Waals surface area contributed by atoms with Gasteiger partial charge in [-0.3, -0.25) is 9.59 Å². The van der Waals surface area contributed by atoms with Crippen LogP contribution in [0.15, 0.2) is 73.6 Å². The third-order valence-corrected chi connectivity index (χ3v) is 4.95. The van der Waals surface area contributed by atoms with Crippen molar-refractivity contribution < 1.29 is 9.59 Å². The number of aromatic nitrogens is 1. The zero-order chi connectivity index (χ0) is 19.7. The Balaban J connectivity index is 1.45. The van der Waals surface area contributed by atoms with E-state index in [-0.39, 0.29) is 24.8 Å². The van der Waals surface area contributed by atoms with Gasteiger partial charge in [0.15, 0.2) is 0 Å². The van der Waals surface area contributed by atoms with Crippen LogP contribution in [0, 0.1) is 0 Å². The molecule has 1 aromatic heterocycles. The van der Waals surface area contributed by atoms with Crippen LogP contribution >= 0.6 is 11.6 Å². The van der Waals surface area contributed by atoms with E-state index < -0.39 is 0 Å². The lowest BCUT2D eigenvalue weighted by Gasteiger charge is -2.18. The summed E-state index contributed by atoms with van der Waals surface area (Å²) in [5.41, 5.74) is 3.51. The minimum absolute atomic E-state index is 0.118. The van der Waals surface area contributed by atoms with Crippen molar-refractivity contribution in [3.05, 3.63) is 89.7 Å². The molecule has 6 heteroatoms. The zero-order valence-electron chi connectivity index (χ0n) is 15.1. The molecular formula is C22H18ClN3O2.